The van der Waals surface area contributed by atoms with Crippen molar-refractivity contribution in [3.05, 3.63) is 126 Å². The Labute approximate surface area is 230 Å². The minimum Gasteiger partial charge on any atom is -0.160 e. The van der Waals surface area contributed by atoms with E-state index in [1.165, 1.54) is 0 Å². The van der Waals surface area contributed by atoms with Crippen LogP contribution < -0.4 is 0 Å². The summed E-state index contributed by atoms with van der Waals surface area (Å²) in [5.74, 6) is 4.50. The van der Waals surface area contributed by atoms with E-state index in [1.54, 1.807) is 0 Å². The molecule has 4 aliphatic rings. The minimum atomic E-state index is 0. The quantitative estimate of drug-likeness (QED) is 0.255. The van der Waals surface area contributed by atoms with E-state index in [4.69, 9.17) is 0 Å². The second kappa shape index (κ2) is 17.2. The maximum absolute atomic E-state index is 4.23. The van der Waals surface area contributed by atoms with Crippen LogP contribution in [0.2, 0.25) is 0 Å². The van der Waals surface area contributed by atoms with E-state index in [0.717, 1.165) is 46.5 Å². The number of hydrogen-bond acceptors (Lipinski definition) is 4. The molecule has 20 radical (unpaired) electrons. The first-order valence-corrected chi connectivity index (χ1v) is 10.6. The van der Waals surface area contributed by atoms with E-state index in [0.29, 0.717) is 0 Å². The van der Waals surface area contributed by atoms with Crippen molar-refractivity contribution in [2.75, 3.05) is 0 Å². The molecular formula is C28H28Fe2N4+4. The van der Waals surface area contributed by atoms with Gasteiger partial charge in [-0.15, -0.1) is 0 Å². The molecule has 6 heteroatoms. The predicted molar refractivity (Wildman–Crippen MR) is 134 cm³/mol. The zero-order valence-electron chi connectivity index (χ0n) is 19.7. The fourth-order valence-electron chi connectivity index (χ4n) is 2.99. The summed E-state index contributed by atoms with van der Waals surface area (Å²) in [5.41, 5.74) is 3.76. The topological polar surface area (TPSA) is 49.4 Å². The van der Waals surface area contributed by atoms with Crippen LogP contribution in [0, 0.1) is 126 Å². The predicted octanol–water partition coefficient (Wildman–Crippen LogP) is 5.26. The van der Waals surface area contributed by atoms with E-state index in [2.05, 4.69) is 20.4 Å². The standard InChI is InChI=1S/2C14H14N2.2Fe/c2*1-11(13-7-3-4-8-13)15-16-12(2)14-9-5-6-10-14;;/h2*3-10H,1-2H3;;/q;;2*+2/b2*15-11+,16-12+;;. The summed E-state index contributed by atoms with van der Waals surface area (Å²) in [6.45, 7) is 7.88. The van der Waals surface area contributed by atoms with Crippen LogP contribution in [0.25, 0.3) is 0 Å². The molecule has 0 aromatic carbocycles. The van der Waals surface area contributed by atoms with E-state index in [1.807, 2.05) is 130 Å². The van der Waals surface area contributed by atoms with Gasteiger partial charge >= 0.3 is 34.1 Å². The van der Waals surface area contributed by atoms with Gasteiger partial charge in [-0.05, 0) is 130 Å². The third-order valence-corrected chi connectivity index (χ3v) is 5.02. The van der Waals surface area contributed by atoms with Crippen molar-refractivity contribution in [3.8, 4) is 0 Å². The summed E-state index contributed by atoms with van der Waals surface area (Å²) in [4.78, 5) is 0. The van der Waals surface area contributed by atoms with Gasteiger partial charge < -0.3 is 0 Å². The average Bonchev–Trinajstić information content (AvgIpc) is 3.62. The molecule has 0 heterocycles. The molecule has 0 aromatic rings. The van der Waals surface area contributed by atoms with Crippen LogP contribution in [0.5, 0.6) is 0 Å². The molecule has 0 atom stereocenters. The Bertz CT molecular complexity index is 569. The van der Waals surface area contributed by atoms with Crippen molar-refractivity contribution in [1.82, 2.24) is 0 Å². The molecule has 4 aliphatic carbocycles. The third-order valence-electron chi connectivity index (χ3n) is 5.02. The van der Waals surface area contributed by atoms with Gasteiger partial charge in [0.15, 0.2) is 0 Å². The number of hydrogen-bond donors (Lipinski definition) is 0. The van der Waals surface area contributed by atoms with Crippen molar-refractivity contribution in [3.63, 3.8) is 0 Å². The van der Waals surface area contributed by atoms with Crippen LogP contribution in [-0.4, -0.2) is 22.8 Å². The summed E-state index contributed by atoms with van der Waals surface area (Å²) < 4.78 is 0. The maximum Gasteiger partial charge on any atom is 2.00 e. The molecule has 34 heavy (non-hydrogen) atoms. The molecule has 0 unspecified atom stereocenters. The van der Waals surface area contributed by atoms with Crippen molar-refractivity contribution in [2.24, 2.45) is 20.4 Å². The molecule has 0 aliphatic heterocycles. The van der Waals surface area contributed by atoms with Crippen LogP contribution in [0.3, 0.4) is 0 Å². The van der Waals surface area contributed by atoms with Crippen LogP contribution in [0.4, 0.5) is 0 Å². The van der Waals surface area contributed by atoms with Crippen molar-refractivity contribution >= 4 is 22.8 Å². The monoisotopic (exact) mass is 532 g/mol. The van der Waals surface area contributed by atoms with E-state index >= 15 is 0 Å². The molecule has 0 amide bonds. The molecule has 0 bridgehead atoms. The summed E-state index contributed by atoms with van der Waals surface area (Å²) in [6, 6.07) is 0. The summed E-state index contributed by atoms with van der Waals surface area (Å²) >= 11 is 0. The van der Waals surface area contributed by atoms with Crippen molar-refractivity contribution in [1.29, 1.82) is 0 Å². The molecule has 172 valence electrons. The minimum absolute atomic E-state index is 0. The molecule has 0 saturated heterocycles. The summed E-state index contributed by atoms with van der Waals surface area (Å²) in [6.07, 6.45) is 32.3. The van der Waals surface area contributed by atoms with Crippen LogP contribution in [-0.2, 0) is 34.1 Å². The molecule has 4 nitrogen and oxygen atoms in total. The fourth-order valence-corrected chi connectivity index (χ4v) is 2.99. The first kappa shape index (κ1) is 31.7. The normalized spacial score (nSPS) is 24.1. The van der Waals surface area contributed by atoms with Gasteiger partial charge in [-0.1, -0.05) is 0 Å². The van der Waals surface area contributed by atoms with Crippen LogP contribution in [0.1, 0.15) is 27.7 Å². The molecule has 4 rings (SSSR count). The second-order valence-corrected chi connectivity index (χ2v) is 7.44. The van der Waals surface area contributed by atoms with Crippen molar-refractivity contribution in [2.45, 2.75) is 27.7 Å². The average molecular weight is 532 g/mol. The van der Waals surface area contributed by atoms with Gasteiger partial charge in [0.1, 0.15) is 0 Å². The third kappa shape index (κ3) is 10.4. The molecule has 4 fully saturated rings. The van der Waals surface area contributed by atoms with Crippen molar-refractivity contribution < 1.29 is 34.1 Å². The molecule has 0 N–H and O–H groups in total. The van der Waals surface area contributed by atoms with Crippen LogP contribution >= 0.6 is 0 Å². The molecular weight excluding hydrogens is 504 g/mol. The Hall–Kier alpha value is -0.281. The number of nitrogens with zero attached hydrogens (tertiary/aromatic N) is 4. The Balaban J connectivity index is 0.000000321. The Morgan fingerprint density at radius 2 is 0.500 bits per heavy atom. The van der Waals surface area contributed by atoms with Gasteiger partial charge in [0.05, 0.1) is 0 Å². The zero-order valence-corrected chi connectivity index (χ0v) is 21.9. The van der Waals surface area contributed by atoms with Gasteiger partial charge in [-0.25, -0.2) is 0 Å². The molecule has 4 saturated carbocycles. The first-order chi connectivity index (χ1) is 15.5. The van der Waals surface area contributed by atoms with E-state index in [-0.39, 0.29) is 34.1 Å². The zero-order chi connectivity index (χ0) is 22.8. The SMILES string of the molecule is C/C(=N\N=C(/C)[C]1[CH][CH][CH][CH]1)[C]1[CH][CH][CH][CH]1.C/C(=N\N=C(/C)[C]1[CH][CH][CH][CH]1)[C]1[CH][CH][CH][CH]1.[Fe+2].[Fe+2]. The molecule has 0 spiro atoms. The maximum atomic E-state index is 4.23. The van der Waals surface area contributed by atoms with Gasteiger partial charge in [-0.2, -0.15) is 20.4 Å². The Morgan fingerprint density at radius 3 is 0.647 bits per heavy atom. The Morgan fingerprint density at radius 1 is 0.353 bits per heavy atom. The largest absolute Gasteiger partial charge is 2.00 e. The van der Waals surface area contributed by atoms with Gasteiger partial charge in [0.2, 0.25) is 0 Å². The summed E-state index contributed by atoms with van der Waals surface area (Å²) in [7, 11) is 0. The fraction of sp³-hybridized carbons (Fsp3) is 0.143. The summed E-state index contributed by atoms with van der Waals surface area (Å²) in [5, 5.41) is 16.9. The number of rotatable bonds is 6. The van der Waals surface area contributed by atoms with E-state index < -0.39 is 0 Å². The van der Waals surface area contributed by atoms with Gasteiger partial charge in [0.25, 0.3) is 0 Å². The molecule has 0 aromatic heterocycles. The first-order valence-electron chi connectivity index (χ1n) is 10.6. The van der Waals surface area contributed by atoms with Gasteiger partial charge in [-0.3, -0.25) is 0 Å². The van der Waals surface area contributed by atoms with Gasteiger partial charge in [0, 0.05) is 46.5 Å². The van der Waals surface area contributed by atoms with E-state index in [9.17, 15) is 0 Å². The Kier molecular flexibility index (Phi) is 16.1. The second-order valence-electron chi connectivity index (χ2n) is 7.44. The van der Waals surface area contributed by atoms with Crippen LogP contribution in [0.15, 0.2) is 20.4 Å². The smallest absolute Gasteiger partial charge is 0.160 e.